The van der Waals surface area contributed by atoms with Crippen LogP contribution in [0, 0.1) is 13.8 Å². The Morgan fingerprint density at radius 2 is 2.03 bits per heavy atom. The second-order valence-corrected chi connectivity index (χ2v) is 7.78. The van der Waals surface area contributed by atoms with Gasteiger partial charge in [-0.25, -0.2) is 0 Å². The van der Waals surface area contributed by atoms with Crippen LogP contribution < -0.4 is 10.2 Å². The zero-order valence-electron chi connectivity index (χ0n) is 17.7. The van der Waals surface area contributed by atoms with E-state index in [2.05, 4.69) is 6.58 Å². The monoisotopic (exact) mass is 419 g/mol. The minimum atomic E-state index is -0.609. The SMILES string of the molecule is C=CCOc1cccc(C2c3c(oc4cc(C)cc(C)c4c3=O)C(=O)N2CCCO)c1. The summed E-state index contributed by atoms with van der Waals surface area (Å²) in [6, 6.07) is 10.5. The van der Waals surface area contributed by atoms with E-state index >= 15 is 0 Å². The lowest BCUT2D eigenvalue weighted by atomic mass is 9.96. The number of benzene rings is 2. The standard InChI is InChI=1S/C25H25NO5/c1-4-11-30-18-8-5-7-17(14-18)22-21-23(28)20-16(3)12-15(2)13-19(20)31-24(21)25(29)26(22)9-6-10-27/h4-5,7-8,12-14,22,27H,1,6,9-11H2,2-3H3. The van der Waals surface area contributed by atoms with Crippen molar-refractivity contribution in [1.29, 1.82) is 0 Å². The molecule has 4 rings (SSSR count). The predicted molar refractivity (Wildman–Crippen MR) is 119 cm³/mol. The summed E-state index contributed by atoms with van der Waals surface area (Å²) in [6.45, 7) is 8.05. The van der Waals surface area contributed by atoms with E-state index in [1.54, 1.807) is 17.0 Å². The normalized spacial score (nSPS) is 15.4. The summed E-state index contributed by atoms with van der Waals surface area (Å²) in [5.41, 5.74) is 3.08. The average molecular weight is 419 g/mol. The topological polar surface area (TPSA) is 80.0 Å². The summed E-state index contributed by atoms with van der Waals surface area (Å²) in [5, 5.41) is 9.84. The van der Waals surface area contributed by atoms with Gasteiger partial charge in [0.05, 0.1) is 17.0 Å². The van der Waals surface area contributed by atoms with Crippen LogP contribution in [-0.2, 0) is 0 Å². The number of aliphatic hydroxyl groups excluding tert-OH is 1. The summed E-state index contributed by atoms with van der Waals surface area (Å²) < 4.78 is 11.7. The maximum atomic E-state index is 13.6. The molecule has 6 nitrogen and oxygen atoms in total. The molecule has 0 fully saturated rings. The Bertz CT molecular complexity index is 1230. The second kappa shape index (κ2) is 8.40. The van der Waals surface area contributed by atoms with Gasteiger partial charge in [-0.1, -0.05) is 30.9 Å². The van der Waals surface area contributed by atoms with Crippen molar-refractivity contribution in [3.63, 3.8) is 0 Å². The quantitative estimate of drug-likeness (QED) is 0.588. The van der Waals surface area contributed by atoms with E-state index in [1.807, 2.05) is 44.2 Å². The third-order valence-corrected chi connectivity index (χ3v) is 5.51. The summed E-state index contributed by atoms with van der Waals surface area (Å²) in [6.07, 6.45) is 2.05. The van der Waals surface area contributed by atoms with Crippen molar-refractivity contribution >= 4 is 16.9 Å². The first-order chi connectivity index (χ1) is 15.0. The number of nitrogens with zero attached hydrogens (tertiary/aromatic N) is 1. The predicted octanol–water partition coefficient (Wildman–Crippen LogP) is 3.90. The van der Waals surface area contributed by atoms with Crippen molar-refractivity contribution in [3.8, 4) is 5.75 Å². The van der Waals surface area contributed by atoms with E-state index in [0.29, 0.717) is 41.9 Å². The van der Waals surface area contributed by atoms with E-state index in [9.17, 15) is 14.7 Å². The highest BCUT2D eigenvalue weighted by atomic mass is 16.5. The number of hydrogen-bond acceptors (Lipinski definition) is 5. The number of aryl methyl sites for hydroxylation is 2. The number of fused-ring (bicyclic) bond motifs is 2. The van der Waals surface area contributed by atoms with Gasteiger partial charge in [-0.3, -0.25) is 9.59 Å². The molecule has 1 atom stereocenters. The molecule has 0 radical (unpaired) electrons. The first-order valence-corrected chi connectivity index (χ1v) is 10.3. The molecule has 6 heteroatoms. The van der Waals surface area contributed by atoms with Crippen LogP contribution in [0.1, 0.15) is 45.3 Å². The molecule has 0 saturated heterocycles. The van der Waals surface area contributed by atoms with Gasteiger partial charge in [0.25, 0.3) is 5.91 Å². The Labute approximate surface area is 180 Å². The van der Waals surface area contributed by atoms with E-state index < -0.39 is 6.04 Å². The summed E-state index contributed by atoms with van der Waals surface area (Å²) >= 11 is 0. The van der Waals surface area contributed by atoms with E-state index in [1.165, 1.54) is 0 Å². The summed E-state index contributed by atoms with van der Waals surface area (Å²) in [7, 11) is 0. The maximum Gasteiger partial charge on any atom is 0.290 e. The molecule has 3 aromatic rings. The second-order valence-electron chi connectivity index (χ2n) is 7.78. The molecule has 2 heterocycles. The first-order valence-electron chi connectivity index (χ1n) is 10.3. The molecule has 31 heavy (non-hydrogen) atoms. The van der Waals surface area contributed by atoms with Gasteiger partial charge in [0.2, 0.25) is 5.76 Å². The van der Waals surface area contributed by atoms with E-state index in [4.69, 9.17) is 9.15 Å². The minimum Gasteiger partial charge on any atom is -0.490 e. The van der Waals surface area contributed by atoms with Gasteiger partial charge in [0.15, 0.2) is 5.43 Å². The van der Waals surface area contributed by atoms with Crippen molar-refractivity contribution in [1.82, 2.24) is 4.90 Å². The van der Waals surface area contributed by atoms with Crippen LogP contribution in [0.4, 0.5) is 0 Å². The molecular formula is C25H25NO5. The Morgan fingerprint density at radius 1 is 1.23 bits per heavy atom. The molecule has 0 aliphatic carbocycles. The Morgan fingerprint density at radius 3 is 2.77 bits per heavy atom. The third-order valence-electron chi connectivity index (χ3n) is 5.51. The molecule has 1 N–H and O–H groups in total. The Hall–Kier alpha value is -3.38. The van der Waals surface area contributed by atoms with Crippen molar-refractivity contribution in [2.45, 2.75) is 26.3 Å². The third kappa shape index (κ3) is 3.64. The van der Waals surface area contributed by atoms with Gasteiger partial charge in [0.1, 0.15) is 17.9 Å². The van der Waals surface area contributed by atoms with Crippen molar-refractivity contribution in [2.24, 2.45) is 0 Å². The highest BCUT2D eigenvalue weighted by Crippen LogP contribution is 2.39. The maximum absolute atomic E-state index is 13.6. The Kier molecular flexibility index (Phi) is 5.65. The van der Waals surface area contributed by atoms with Gasteiger partial charge in [0, 0.05) is 13.2 Å². The van der Waals surface area contributed by atoms with E-state index in [0.717, 1.165) is 16.7 Å². The molecule has 0 saturated carbocycles. The largest absolute Gasteiger partial charge is 0.490 e. The number of carbonyl (C=O) groups excluding carboxylic acids is 1. The van der Waals surface area contributed by atoms with Crippen molar-refractivity contribution in [3.05, 3.63) is 87.3 Å². The molecule has 160 valence electrons. The Balaban J connectivity index is 1.94. The molecular weight excluding hydrogens is 394 g/mol. The highest BCUT2D eigenvalue weighted by Gasteiger charge is 2.42. The lowest BCUT2D eigenvalue weighted by molar-refractivity contribution is 0.0716. The van der Waals surface area contributed by atoms with Gasteiger partial charge < -0.3 is 19.2 Å². The molecule has 1 aliphatic rings. The zero-order chi connectivity index (χ0) is 22.1. The minimum absolute atomic E-state index is 0.0585. The molecule has 2 aromatic carbocycles. The van der Waals surface area contributed by atoms with Crippen LogP contribution in [0.2, 0.25) is 0 Å². The van der Waals surface area contributed by atoms with Gasteiger partial charge in [-0.2, -0.15) is 0 Å². The van der Waals surface area contributed by atoms with Crippen molar-refractivity contribution < 1.29 is 19.1 Å². The number of rotatable bonds is 7. The van der Waals surface area contributed by atoms with Crippen LogP contribution in [0.25, 0.3) is 11.0 Å². The average Bonchev–Trinajstić information content (AvgIpc) is 3.02. The molecule has 1 unspecified atom stereocenters. The smallest absolute Gasteiger partial charge is 0.290 e. The number of aliphatic hydroxyl groups is 1. The van der Waals surface area contributed by atoms with Crippen LogP contribution in [0.3, 0.4) is 0 Å². The number of hydrogen-bond donors (Lipinski definition) is 1. The fourth-order valence-electron chi connectivity index (χ4n) is 4.26. The lowest BCUT2D eigenvalue weighted by Gasteiger charge is -2.25. The van der Waals surface area contributed by atoms with Crippen LogP contribution in [0.15, 0.2) is 58.3 Å². The number of amides is 1. The van der Waals surface area contributed by atoms with Crippen LogP contribution >= 0.6 is 0 Å². The zero-order valence-corrected chi connectivity index (χ0v) is 17.7. The van der Waals surface area contributed by atoms with Crippen LogP contribution in [-0.4, -0.2) is 35.7 Å². The summed E-state index contributed by atoms with van der Waals surface area (Å²) in [4.78, 5) is 28.5. The summed E-state index contributed by atoms with van der Waals surface area (Å²) in [5.74, 6) is 0.351. The first kappa shape index (κ1) is 20.9. The van der Waals surface area contributed by atoms with Crippen LogP contribution in [0.5, 0.6) is 5.75 Å². The fourth-order valence-corrected chi connectivity index (χ4v) is 4.26. The molecule has 0 spiro atoms. The van der Waals surface area contributed by atoms with Gasteiger partial charge in [-0.15, -0.1) is 0 Å². The van der Waals surface area contributed by atoms with E-state index in [-0.39, 0.29) is 23.7 Å². The number of ether oxygens (including phenoxy) is 1. The molecule has 1 aliphatic heterocycles. The fraction of sp³-hybridized carbons (Fsp3) is 0.280. The molecule has 1 amide bonds. The highest BCUT2D eigenvalue weighted by molar-refractivity contribution is 5.99. The number of carbonyl (C=O) groups is 1. The van der Waals surface area contributed by atoms with Gasteiger partial charge in [-0.05, 0) is 55.2 Å². The van der Waals surface area contributed by atoms with Gasteiger partial charge >= 0.3 is 0 Å². The lowest BCUT2D eigenvalue weighted by Crippen LogP contribution is -2.31. The molecule has 0 bridgehead atoms. The van der Waals surface area contributed by atoms with Crippen molar-refractivity contribution in [2.75, 3.05) is 19.8 Å². The molecule has 1 aromatic heterocycles.